The number of hydrogen-bond acceptors (Lipinski definition) is 1. The van der Waals surface area contributed by atoms with Crippen molar-refractivity contribution in [2.45, 2.75) is 108 Å². The third-order valence-electron chi connectivity index (χ3n) is 4.62. The van der Waals surface area contributed by atoms with Crippen molar-refractivity contribution in [3.63, 3.8) is 0 Å². The van der Waals surface area contributed by atoms with Crippen molar-refractivity contribution in [2.24, 2.45) is 5.41 Å². The van der Waals surface area contributed by atoms with Crippen LogP contribution >= 0.6 is 0 Å². The molecule has 0 bridgehead atoms. The largest absolute Gasteiger partial charge is 0.502 e. The maximum atomic E-state index is 4.56. The Balaban J connectivity index is -0.000000373. The highest BCUT2D eigenvalue weighted by Gasteiger charge is 2.40. The van der Waals surface area contributed by atoms with Crippen LogP contribution in [0.2, 0.25) is 0 Å². The molecule has 0 atom stereocenters. The molecule has 0 radical (unpaired) electrons. The zero-order valence-corrected chi connectivity index (χ0v) is 19.7. The lowest BCUT2D eigenvalue weighted by atomic mass is 9.80. The lowest BCUT2D eigenvalue weighted by Gasteiger charge is -2.24. The lowest BCUT2D eigenvalue weighted by Crippen LogP contribution is -2.13. The van der Waals surface area contributed by atoms with Crippen LogP contribution in [0.15, 0.2) is 34.6 Å². The number of methoxy groups -OCH3 is 1. The standard InChI is InChI=1S/C14H22.C4H8O.3C2H6/c1-5-13-9-14(8-12(13)4)6-10(2)11(3)7-14;1-4(2)5-3;3*1-2/h5-9H2,1-4H3;1H2,2-3H3;3*1-2H3. The summed E-state index contributed by atoms with van der Waals surface area (Å²) in [6.07, 6.45) is 6.74. The van der Waals surface area contributed by atoms with Crippen LogP contribution in [0, 0.1) is 5.41 Å². The minimum Gasteiger partial charge on any atom is -0.502 e. The number of rotatable bonds is 2. The minimum atomic E-state index is 0.629. The quantitative estimate of drug-likeness (QED) is 0.356. The summed E-state index contributed by atoms with van der Waals surface area (Å²) < 4.78 is 4.56. The van der Waals surface area contributed by atoms with Crippen molar-refractivity contribution in [2.75, 3.05) is 7.11 Å². The maximum absolute atomic E-state index is 4.56. The van der Waals surface area contributed by atoms with Crippen LogP contribution in [-0.4, -0.2) is 7.11 Å². The van der Waals surface area contributed by atoms with Gasteiger partial charge >= 0.3 is 0 Å². The van der Waals surface area contributed by atoms with Crippen LogP contribution in [0.3, 0.4) is 0 Å². The molecule has 2 aliphatic rings. The van der Waals surface area contributed by atoms with Crippen molar-refractivity contribution >= 4 is 0 Å². The summed E-state index contributed by atoms with van der Waals surface area (Å²) in [5, 5.41) is 0. The van der Waals surface area contributed by atoms with Gasteiger partial charge < -0.3 is 4.74 Å². The molecule has 0 aliphatic heterocycles. The van der Waals surface area contributed by atoms with Crippen molar-refractivity contribution < 1.29 is 4.74 Å². The van der Waals surface area contributed by atoms with Crippen LogP contribution in [0.1, 0.15) is 108 Å². The normalized spacial score (nSPS) is 16.5. The second kappa shape index (κ2) is 16.5. The van der Waals surface area contributed by atoms with E-state index in [-0.39, 0.29) is 0 Å². The first-order chi connectivity index (χ1) is 11.8. The average Bonchev–Trinajstić information content (AvgIpc) is 3.10. The smallest absolute Gasteiger partial charge is 0.0853 e. The van der Waals surface area contributed by atoms with Crippen molar-refractivity contribution in [1.29, 1.82) is 0 Å². The van der Waals surface area contributed by atoms with E-state index in [2.05, 4.69) is 39.0 Å². The van der Waals surface area contributed by atoms with Gasteiger partial charge in [-0.3, -0.25) is 0 Å². The van der Waals surface area contributed by atoms with E-state index in [0.717, 1.165) is 5.76 Å². The van der Waals surface area contributed by atoms with Gasteiger partial charge in [0.2, 0.25) is 0 Å². The summed E-state index contributed by atoms with van der Waals surface area (Å²) in [5.41, 5.74) is 7.39. The molecule has 2 aliphatic carbocycles. The molecule has 0 N–H and O–H groups in total. The number of allylic oxidation sites excluding steroid dienone is 5. The third-order valence-corrected chi connectivity index (χ3v) is 4.62. The van der Waals surface area contributed by atoms with Gasteiger partial charge in [0.05, 0.1) is 12.9 Å². The van der Waals surface area contributed by atoms with E-state index in [9.17, 15) is 0 Å². The Morgan fingerprint density at radius 3 is 1.40 bits per heavy atom. The van der Waals surface area contributed by atoms with Crippen LogP contribution in [0.5, 0.6) is 0 Å². The van der Waals surface area contributed by atoms with Gasteiger partial charge in [-0.25, -0.2) is 0 Å². The Morgan fingerprint density at radius 2 is 1.16 bits per heavy atom. The first kappa shape index (κ1) is 28.8. The topological polar surface area (TPSA) is 9.23 Å². The summed E-state index contributed by atoms with van der Waals surface area (Å²) in [7, 11) is 1.60. The molecule has 1 spiro atoms. The predicted octanol–water partition coefficient (Wildman–Crippen LogP) is 8.87. The van der Waals surface area contributed by atoms with Gasteiger partial charge in [0.15, 0.2) is 0 Å². The van der Waals surface area contributed by atoms with E-state index in [0.29, 0.717) is 5.41 Å². The average molecular weight is 353 g/mol. The molecular formula is C24H48O. The highest BCUT2D eigenvalue weighted by Crippen LogP contribution is 2.54. The molecular weight excluding hydrogens is 304 g/mol. The molecule has 150 valence electrons. The molecule has 1 nitrogen and oxygen atoms in total. The monoisotopic (exact) mass is 352 g/mol. The van der Waals surface area contributed by atoms with Gasteiger partial charge in [-0.1, -0.05) is 77.3 Å². The van der Waals surface area contributed by atoms with Gasteiger partial charge in [0.25, 0.3) is 0 Å². The molecule has 0 aromatic heterocycles. The molecule has 0 saturated carbocycles. The minimum absolute atomic E-state index is 0.629. The second-order valence-corrected chi connectivity index (χ2v) is 6.41. The first-order valence-electron chi connectivity index (χ1n) is 10.4. The van der Waals surface area contributed by atoms with Gasteiger partial charge in [-0.15, -0.1) is 0 Å². The fourth-order valence-corrected chi connectivity index (χ4v) is 3.52. The molecule has 0 fully saturated rings. The summed E-state index contributed by atoms with van der Waals surface area (Å²) in [4.78, 5) is 0. The molecule has 0 saturated heterocycles. The zero-order valence-electron chi connectivity index (χ0n) is 19.7. The summed E-state index contributed by atoms with van der Waals surface area (Å²) in [6.45, 7) is 26.6. The van der Waals surface area contributed by atoms with Gasteiger partial charge in [0, 0.05) is 0 Å². The molecule has 2 rings (SSSR count). The summed E-state index contributed by atoms with van der Waals surface area (Å²) in [5.74, 6) is 0.755. The van der Waals surface area contributed by atoms with E-state index in [4.69, 9.17) is 0 Å². The first-order valence-corrected chi connectivity index (χ1v) is 10.4. The highest BCUT2D eigenvalue weighted by molar-refractivity contribution is 5.31. The highest BCUT2D eigenvalue weighted by atomic mass is 16.5. The Bertz CT molecular complexity index is 396. The van der Waals surface area contributed by atoms with E-state index in [1.165, 1.54) is 32.1 Å². The molecule has 1 heteroatoms. The van der Waals surface area contributed by atoms with Crippen LogP contribution in [0.25, 0.3) is 0 Å². The molecule has 0 heterocycles. The van der Waals surface area contributed by atoms with Gasteiger partial charge in [0.1, 0.15) is 0 Å². The molecule has 25 heavy (non-hydrogen) atoms. The Labute approximate surface area is 160 Å². The van der Waals surface area contributed by atoms with Gasteiger partial charge in [-0.2, -0.15) is 0 Å². The van der Waals surface area contributed by atoms with Gasteiger partial charge in [-0.05, 0) is 65.2 Å². The summed E-state index contributed by atoms with van der Waals surface area (Å²) in [6, 6.07) is 0. The predicted molar refractivity (Wildman–Crippen MR) is 118 cm³/mol. The van der Waals surface area contributed by atoms with Crippen LogP contribution in [-0.2, 0) is 4.74 Å². The van der Waals surface area contributed by atoms with Crippen molar-refractivity contribution in [3.05, 3.63) is 34.6 Å². The SMILES string of the molecule is C=C(C)OC.CC.CC.CC.CCC1=C(C)CC2(CC(C)=C(C)C2)C1. The zero-order chi connectivity index (χ0) is 20.6. The van der Waals surface area contributed by atoms with Crippen LogP contribution in [0.4, 0.5) is 0 Å². The molecule has 0 aromatic rings. The number of ether oxygens (including phenoxy) is 1. The Morgan fingerprint density at radius 1 is 0.840 bits per heavy atom. The Kier molecular flexibility index (Phi) is 19.0. The van der Waals surface area contributed by atoms with Crippen molar-refractivity contribution in [3.8, 4) is 0 Å². The van der Waals surface area contributed by atoms with E-state index >= 15 is 0 Å². The molecule has 0 amide bonds. The summed E-state index contributed by atoms with van der Waals surface area (Å²) >= 11 is 0. The van der Waals surface area contributed by atoms with E-state index < -0.39 is 0 Å². The van der Waals surface area contributed by atoms with Crippen LogP contribution < -0.4 is 0 Å². The Hall–Kier alpha value is -0.980. The van der Waals surface area contributed by atoms with E-state index in [1.54, 1.807) is 36.3 Å². The number of hydrogen-bond donors (Lipinski definition) is 0. The fraction of sp³-hybridized carbons (Fsp3) is 0.750. The fourth-order valence-electron chi connectivity index (χ4n) is 3.52. The van der Waals surface area contributed by atoms with Crippen molar-refractivity contribution in [1.82, 2.24) is 0 Å². The maximum Gasteiger partial charge on any atom is 0.0853 e. The third kappa shape index (κ3) is 10.6. The molecule has 0 unspecified atom stereocenters. The second-order valence-electron chi connectivity index (χ2n) is 6.41. The lowest BCUT2D eigenvalue weighted by molar-refractivity contribution is 0.295. The molecule has 0 aromatic carbocycles. The van der Waals surface area contributed by atoms with E-state index in [1.807, 2.05) is 41.5 Å².